The molecule has 0 fully saturated rings. The van der Waals surface area contributed by atoms with E-state index in [0.717, 1.165) is 5.56 Å². The van der Waals surface area contributed by atoms with E-state index in [9.17, 15) is 0 Å². The molecule has 6 heteroatoms. The van der Waals surface area contributed by atoms with Crippen LogP contribution in [0.15, 0.2) is 17.1 Å². The van der Waals surface area contributed by atoms with Crippen molar-refractivity contribution in [3.8, 4) is 17.2 Å². The zero-order chi connectivity index (χ0) is 14.0. The predicted octanol–water partition coefficient (Wildman–Crippen LogP) is 1.01. The standard InChI is InChI=1S/C13H19N3O3/c1-16-9(7-15-13(16)14)8-5-10(17-2)12(19-4)11(6-8)18-3/h5-6,9H,7H2,1-4H3,(H2,14,15). The molecule has 0 aromatic heterocycles. The van der Waals surface area contributed by atoms with Gasteiger partial charge in [0.25, 0.3) is 0 Å². The number of nitrogens with zero attached hydrogens (tertiary/aromatic N) is 2. The first kappa shape index (κ1) is 13.3. The van der Waals surface area contributed by atoms with Gasteiger partial charge >= 0.3 is 0 Å². The lowest BCUT2D eigenvalue weighted by Crippen LogP contribution is -2.32. The molecule has 2 N–H and O–H groups in total. The quantitative estimate of drug-likeness (QED) is 0.880. The number of ether oxygens (including phenoxy) is 3. The fourth-order valence-electron chi connectivity index (χ4n) is 2.20. The van der Waals surface area contributed by atoms with Gasteiger partial charge in [-0.15, -0.1) is 0 Å². The number of benzene rings is 1. The van der Waals surface area contributed by atoms with Gasteiger partial charge in [-0.05, 0) is 17.7 Å². The Labute approximate surface area is 112 Å². The average molecular weight is 265 g/mol. The first-order valence-electron chi connectivity index (χ1n) is 5.95. The lowest BCUT2D eigenvalue weighted by Gasteiger charge is -2.23. The van der Waals surface area contributed by atoms with Gasteiger partial charge in [0.15, 0.2) is 17.5 Å². The first-order valence-corrected chi connectivity index (χ1v) is 5.95. The Bertz CT molecular complexity index is 477. The fraction of sp³-hybridized carbons (Fsp3) is 0.462. The van der Waals surface area contributed by atoms with Crippen molar-refractivity contribution in [2.24, 2.45) is 10.7 Å². The molecule has 0 amide bonds. The summed E-state index contributed by atoms with van der Waals surface area (Å²) >= 11 is 0. The Balaban J connectivity index is 2.42. The molecule has 2 rings (SSSR count). The number of hydrogen-bond acceptors (Lipinski definition) is 6. The maximum absolute atomic E-state index is 5.79. The number of guanidine groups is 1. The van der Waals surface area contributed by atoms with Gasteiger partial charge in [0.1, 0.15) is 0 Å². The molecule has 104 valence electrons. The van der Waals surface area contributed by atoms with E-state index in [1.54, 1.807) is 21.3 Å². The molecule has 1 atom stereocenters. The van der Waals surface area contributed by atoms with Crippen molar-refractivity contribution in [3.63, 3.8) is 0 Å². The number of aliphatic imine (C=N–C) groups is 1. The highest BCUT2D eigenvalue weighted by atomic mass is 16.5. The van der Waals surface area contributed by atoms with Crippen LogP contribution in [-0.2, 0) is 0 Å². The molecule has 1 aromatic carbocycles. The average Bonchev–Trinajstić information content (AvgIpc) is 2.77. The maximum Gasteiger partial charge on any atom is 0.203 e. The molecule has 0 aliphatic carbocycles. The minimum atomic E-state index is 0.0914. The SMILES string of the molecule is COc1cc(C2CN=C(N)N2C)cc(OC)c1OC. The second kappa shape index (κ2) is 5.26. The Morgan fingerprint density at radius 3 is 2.11 bits per heavy atom. The smallest absolute Gasteiger partial charge is 0.203 e. The molecule has 0 spiro atoms. The summed E-state index contributed by atoms with van der Waals surface area (Å²) in [6.07, 6.45) is 0. The summed E-state index contributed by atoms with van der Waals surface area (Å²) in [5.74, 6) is 2.40. The van der Waals surface area contributed by atoms with Gasteiger partial charge in [-0.3, -0.25) is 4.99 Å². The van der Waals surface area contributed by atoms with E-state index in [-0.39, 0.29) is 6.04 Å². The number of hydrogen-bond donors (Lipinski definition) is 1. The van der Waals surface area contributed by atoms with Gasteiger partial charge < -0.3 is 24.8 Å². The molecule has 6 nitrogen and oxygen atoms in total. The van der Waals surface area contributed by atoms with Crippen LogP contribution in [-0.4, -0.2) is 45.8 Å². The summed E-state index contributed by atoms with van der Waals surface area (Å²) < 4.78 is 16.0. The van der Waals surface area contributed by atoms with Crippen LogP contribution in [0.4, 0.5) is 0 Å². The maximum atomic E-state index is 5.79. The number of methoxy groups -OCH3 is 3. The zero-order valence-electron chi connectivity index (χ0n) is 11.6. The monoisotopic (exact) mass is 265 g/mol. The van der Waals surface area contributed by atoms with E-state index in [2.05, 4.69) is 4.99 Å². The Morgan fingerprint density at radius 1 is 1.16 bits per heavy atom. The molecular formula is C13H19N3O3. The van der Waals surface area contributed by atoms with Crippen molar-refractivity contribution < 1.29 is 14.2 Å². The molecule has 19 heavy (non-hydrogen) atoms. The van der Waals surface area contributed by atoms with E-state index >= 15 is 0 Å². The Hall–Kier alpha value is -2.11. The van der Waals surface area contributed by atoms with E-state index < -0.39 is 0 Å². The molecule has 1 aliphatic rings. The van der Waals surface area contributed by atoms with Crippen LogP contribution in [0, 0.1) is 0 Å². The zero-order valence-corrected chi connectivity index (χ0v) is 11.6. The van der Waals surface area contributed by atoms with E-state index in [1.165, 1.54) is 0 Å². The van der Waals surface area contributed by atoms with Crippen molar-refractivity contribution >= 4 is 5.96 Å². The third-order valence-corrected chi connectivity index (χ3v) is 3.33. The van der Waals surface area contributed by atoms with Gasteiger partial charge in [0.05, 0.1) is 33.9 Å². The Kier molecular flexibility index (Phi) is 3.69. The summed E-state index contributed by atoms with van der Waals surface area (Å²) in [4.78, 5) is 6.17. The summed E-state index contributed by atoms with van der Waals surface area (Å²) in [6.45, 7) is 0.626. The van der Waals surface area contributed by atoms with Crippen LogP contribution in [0.5, 0.6) is 17.2 Å². The van der Waals surface area contributed by atoms with Crippen LogP contribution in [0.1, 0.15) is 11.6 Å². The fourth-order valence-corrected chi connectivity index (χ4v) is 2.20. The summed E-state index contributed by atoms with van der Waals surface area (Å²) in [5, 5.41) is 0. The van der Waals surface area contributed by atoms with E-state index in [0.29, 0.717) is 29.8 Å². The van der Waals surface area contributed by atoms with Gasteiger partial charge in [0, 0.05) is 7.05 Å². The van der Waals surface area contributed by atoms with Crippen molar-refractivity contribution in [2.45, 2.75) is 6.04 Å². The lowest BCUT2D eigenvalue weighted by atomic mass is 10.1. The summed E-state index contributed by atoms with van der Waals surface area (Å²) in [7, 11) is 6.71. The highest BCUT2D eigenvalue weighted by molar-refractivity contribution is 5.80. The largest absolute Gasteiger partial charge is 0.493 e. The Morgan fingerprint density at radius 2 is 1.74 bits per heavy atom. The minimum absolute atomic E-state index is 0.0914. The highest BCUT2D eigenvalue weighted by Gasteiger charge is 2.26. The minimum Gasteiger partial charge on any atom is -0.493 e. The molecule has 1 unspecified atom stereocenters. The number of nitrogens with two attached hydrogens (primary N) is 1. The van der Waals surface area contributed by atoms with Crippen LogP contribution in [0.3, 0.4) is 0 Å². The molecule has 1 aromatic rings. The predicted molar refractivity (Wildman–Crippen MR) is 73.1 cm³/mol. The van der Waals surface area contributed by atoms with E-state index in [4.69, 9.17) is 19.9 Å². The number of rotatable bonds is 4. The third-order valence-electron chi connectivity index (χ3n) is 3.33. The van der Waals surface area contributed by atoms with Crippen LogP contribution >= 0.6 is 0 Å². The van der Waals surface area contributed by atoms with Crippen molar-refractivity contribution in [1.82, 2.24) is 4.90 Å². The first-order chi connectivity index (χ1) is 9.12. The molecule has 0 bridgehead atoms. The van der Waals surface area contributed by atoms with Gasteiger partial charge in [-0.2, -0.15) is 0 Å². The van der Waals surface area contributed by atoms with Gasteiger partial charge in [0.2, 0.25) is 5.75 Å². The highest BCUT2D eigenvalue weighted by Crippen LogP contribution is 2.41. The molecule has 0 radical (unpaired) electrons. The van der Waals surface area contributed by atoms with Crippen molar-refractivity contribution in [3.05, 3.63) is 17.7 Å². The molecule has 0 saturated carbocycles. The van der Waals surface area contributed by atoms with Crippen molar-refractivity contribution in [2.75, 3.05) is 34.9 Å². The molecule has 1 heterocycles. The third kappa shape index (κ3) is 2.25. The van der Waals surface area contributed by atoms with Gasteiger partial charge in [-0.1, -0.05) is 0 Å². The summed E-state index contributed by atoms with van der Waals surface area (Å²) in [6, 6.07) is 3.95. The second-order valence-electron chi connectivity index (χ2n) is 4.28. The topological polar surface area (TPSA) is 69.3 Å². The van der Waals surface area contributed by atoms with Crippen LogP contribution in [0.2, 0.25) is 0 Å². The molecule has 0 saturated heterocycles. The van der Waals surface area contributed by atoms with Gasteiger partial charge in [-0.25, -0.2) is 0 Å². The normalized spacial score (nSPS) is 18.2. The van der Waals surface area contributed by atoms with Crippen molar-refractivity contribution in [1.29, 1.82) is 0 Å². The second-order valence-corrected chi connectivity index (χ2v) is 4.28. The number of likely N-dealkylation sites (N-methyl/N-ethyl adjacent to an activating group) is 1. The lowest BCUT2D eigenvalue weighted by molar-refractivity contribution is 0.321. The summed E-state index contributed by atoms with van der Waals surface area (Å²) in [5.41, 5.74) is 6.82. The molecular weight excluding hydrogens is 246 g/mol. The van der Waals surface area contributed by atoms with Crippen LogP contribution in [0.25, 0.3) is 0 Å². The molecule has 1 aliphatic heterocycles. The van der Waals surface area contributed by atoms with E-state index in [1.807, 2.05) is 24.1 Å². The van der Waals surface area contributed by atoms with Crippen LogP contribution < -0.4 is 19.9 Å².